The third kappa shape index (κ3) is 2.58. The van der Waals surface area contributed by atoms with E-state index >= 15 is 0 Å². The SMILES string of the molecule is NC(=O)c1cccc2cn(-c3ccc([C@H]4C=NCCC4)cc3)nc12. The van der Waals surface area contributed by atoms with Gasteiger partial charge in [-0.3, -0.25) is 9.79 Å². The minimum atomic E-state index is -0.460. The van der Waals surface area contributed by atoms with E-state index in [1.807, 2.05) is 30.5 Å². The summed E-state index contributed by atoms with van der Waals surface area (Å²) in [6.45, 7) is 0.941. The Morgan fingerprint density at radius 3 is 2.71 bits per heavy atom. The molecule has 4 rings (SSSR count). The van der Waals surface area contributed by atoms with Gasteiger partial charge in [-0.15, -0.1) is 0 Å². The van der Waals surface area contributed by atoms with E-state index in [1.54, 1.807) is 10.7 Å². The van der Waals surface area contributed by atoms with Gasteiger partial charge in [-0.2, -0.15) is 5.10 Å². The van der Waals surface area contributed by atoms with E-state index in [1.165, 1.54) is 5.56 Å². The summed E-state index contributed by atoms with van der Waals surface area (Å²) in [5, 5.41) is 5.43. The van der Waals surface area contributed by atoms with Gasteiger partial charge in [-0.1, -0.05) is 24.3 Å². The highest BCUT2D eigenvalue weighted by Crippen LogP contribution is 2.24. The first-order valence-electron chi connectivity index (χ1n) is 8.11. The minimum Gasteiger partial charge on any atom is -0.366 e. The van der Waals surface area contributed by atoms with E-state index in [-0.39, 0.29) is 0 Å². The normalized spacial score (nSPS) is 17.2. The lowest BCUT2D eigenvalue weighted by molar-refractivity contribution is 0.100. The molecule has 120 valence electrons. The molecule has 2 N–H and O–H groups in total. The average molecular weight is 318 g/mol. The maximum atomic E-state index is 11.5. The maximum Gasteiger partial charge on any atom is 0.250 e. The summed E-state index contributed by atoms with van der Waals surface area (Å²) in [5.41, 5.74) is 8.74. The Morgan fingerprint density at radius 2 is 2.00 bits per heavy atom. The summed E-state index contributed by atoms with van der Waals surface area (Å²) in [4.78, 5) is 15.9. The molecule has 0 saturated heterocycles. The van der Waals surface area contributed by atoms with Gasteiger partial charge in [0.1, 0.15) is 5.52 Å². The number of nitrogens with zero attached hydrogens (tertiary/aromatic N) is 3. The lowest BCUT2D eigenvalue weighted by Crippen LogP contribution is -2.11. The standard InChI is InChI=1S/C19H18N4O/c20-19(24)17-5-1-3-15-12-23(22-18(15)17)16-8-6-13(7-9-16)14-4-2-10-21-11-14/h1,3,5-9,11-12,14H,2,4,10H2,(H2,20,24)/t14-/m1/s1. The van der Waals surface area contributed by atoms with Gasteiger partial charge in [0.05, 0.1) is 11.3 Å². The number of hydrogen-bond donors (Lipinski definition) is 1. The topological polar surface area (TPSA) is 73.3 Å². The van der Waals surface area contributed by atoms with Crippen molar-refractivity contribution < 1.29 is 4.79 Å². The summed E-state index contributed by atoms with van der Waals surface area (Å²) < 4.78 is 1.79. The number of aliphatic imine (C=N–C) groups is 1. The van der Waals surface area contributed by atoms with Crippen LogP contribution in [0.5, 0.6) is 0 Å². The van der Waals surface area contributed by atoms with Crippen LogP contribution in [0, 0.1) is 0 Å². The summed E-state index contributed by atoms with van der Waals surface area (Å²) in [6, 6.07) is 13.8. The van der Waals surface area contributed by atoms with E-state index in [4.69, 9.17) is 5.73 Å². The van der Waals surface area contributed by atoms with Crippen molar-refractivity contribution in [3.63, 3.8) is 0 Å². The van der Waals surface area contributed by atoms with Crippen molar-refractivity contribution in [3.05, 3.63) is 59.8 Å². The molecular weight excluding hydrogens is 300 g/mol. The third-order valence-corrected chi connectivity index (χ3v) is 4.48. The molecule has 2 heterocycles. The van der Waals surface area contributed by atoms with Crippen LogP contribution in [0.2, 0.25) is 0 Å². The van der Waals surface area contributed by atoms with E-state index in [2.05, 4.69) is 28.4 Å². The zero-order valence-electron chi connectivity index (χ0n) is 13.2. The van der Waals surface area contributed by atoms with Crippen LogP contribution in [-0.2, 0) is 0 Å². The summed E-state index contributed by atoms with van der Waals surface area (Å²) in [6.07, 6.45) is 6.26. The molecule has 0 radical (unpaired) electrons. The highest BCUT2D eigenvalue weighted by atomic mass is 16.1. The van der Waals surface area contributed by atoms with Crippen LogP contribution in [-0.4, -0.2) is 28.4 Å². The quantitative estimate of drug-likeness (QED) is 0.806. The van der Waals surface area contributed by atoms with Crippen molar-refractivity contribution in [1.82, 2.24) is 9.78 Å². The van der Waals surface area contributed by atoms with Gasteiger partial charge < -0.3 is 5.73 Å². The van der Waals surface area contributed by atoms with Crippen molar-refractivity contribution in [2.24, 2.45) is 10.7 Å². The molecule has 0 spiro atoms. The predicted octanol–water partition coefficient (Wildman–Crippen LogP) is 3.07. The first-order valence-corrected chi connectivity index (χ1v) is 8.11. The molecule has 2 aromatic carbocycles. The Labute approximate surface area is 139 Å². The number of fused-ring (bicyclic) bond motifs is 1. The van der Waals surface area contributed by atoms with Crippen LogP contribution in [0.25, 0.3) is 16.6 Å². The molecule has 3 aromatic rings. The van der Waals surface area contributed by atoms with E-state index in [0.29, 0.717) is 17.0 Å². The summed E-state index contributed by atoms with van der Waals surface area (Å²) >= 11 is 0. The molecule has 5 heteroatoms. The Morgan fingerprint density at radius 1 is 1.17 bits per heavy atom. The molecule has 24 heavy (non-hydrogen) atoms. The summed E-state index contributed by atoms with van der Waals surface area (Å²) in [7, 11) is 0. The van der Waals surface area contributed by atoms with Crippen LogP contribution in [0.3, 0.4) is 0 Å². The smallest absolute Gasteiger partial charge is 0.250 e. The Hall–Kier alpha value is -2.95. The van der Waals surface area contributed by atoms with Crippen molar-refractivity contribution in [3.8, 4) is 5.69 Å². The number of benzene rings is 2. The van der Waals surface area contributed by atoms with Crippen LogP contribution in [0.4, 0.5) is 0 Å². The molecule has 1 amide bonds. The fraction of sp³-hybridized carbons (Fsp3) is 0.211. The number of amides is 1. The fourth-order valence-corrected chi connectivity index (χ4v) is 3.18. The molecule has 0 unspecified atom stereocenters. The lowest BCUT2D eigenvalue weighted by atomic mass is 9.93. The monoisotopic (exact) mass is 318 g/mol. The largest absolute Gasteiger partial charge is 0.366 e. The van der Waals surface area contributed by atoms with E-state index < -0.39 is 5.91 Å². The van der Waals surface area contributed by atoms with Crippen LogP contribution < -0.4 is 5.73 Å². The number of rotatable bonds is 3. The first kappa shape index (κ1) is 14.6. The molecule has 0 aliphatic carbocycles. The number of aromatic nitrogens is 2. The second-order valence-corrected chi connectivity index (χ2v) is 6.08. The molecule has 1 atom stereocenters. The maximum absolute atomic E-state index is 11.5. The van der Waals surface area contributed by atoms with Crippen LogP contribution >= 0.6 is 0 Å². The molecule has 1 aliphatic rings. The van der Waals surface area contributed by atoms with Crippen molar-refractivity contribution >= 4 is 23.0 Å². The van der Waals surface area contributed by atoms with Crippen molar-refractivity contribution in [2.75, 3.05) is 6.54 Å². The van der Waals surface area contributed by atoms with Gasteiger partial charge in [-0.05, 0) is 36.6 Å². The zero-order valence-corrected chi connectivity index (χ0v) is 13.2. The first-order chi connectivity index (χ1) is 11.7. The molecule has 1 aliphatic heterocycles. The highest BCUT2D eigenvalue weighted by molar-refractivity contribution is 6.04. The van der Waals surface area contributed by atoms with Crippen molar-refractivity contribution in [2.45, 2.75) is 18.8 Å². The minimum absolute atomic E-state index is 0.408. The van der Waals surface area contributed by atoms with Crippen LogP contribution in [0.1, 0.15) is 34.7 Å². The highest BCUT2D eigenvalue weighted by Gasteiger charge is 2.13. The Kier molecular flexibility index (Phi) is 3.61. The fourth-order valence-electron chi connectivity index (χ4n) is 3.18. The summed E-state index contributed by atoms with van der Waals surface area (Å²) in [5.74, 6) is -0.0521. The van der Waals surface area contributed by atoms with Crippen molar-refractivity contribution in [1.29, 1.82) is 0 Å². The molecule has 0 bridgehead atoms. The van der Waals surface area contributed by atoms with E-state index in [0.717, 1.165) is 30.5 Å². The molecular formula is C19H18N4O. The van der Waals surface area contributed by atoms with E-state index in [9.17, 15) is 4.79 Å². The second kappa shape index (κ2) is 5.92. The van der Waals surface area contributed by atoms with Gasteiger partial charge in [-0.25, -0.2) is 4.68 Å². The van der Waals surface area contributed by atoms with Gasteiger partial charge in [0.25, 0.3) is 5.91 Å². The average Bonchev–Trinajstić information content (AvgIpc) is 3.06. The van der Waals surface area contributed by atoms with Gasteiger partial charge in [0.15, 0.2) is 0 Å². The van der Waals surface area contributed by atoms with Crippen LogP contribution in [0.15, 0.2) is 53.7 Å². The number of carbonyl (C=O) groups is 1. The third-order valence-electron chi connectivity index (χ3n) is 4.48. The molecule has 5 nitrogen and oxygen atoms in total. The molecule has 0 saturated carbocycles. The van der Waals surface area contributed by atoms with Gasteiger partial charge in [0.2, 0.25) is 0 Å². The number of nitrogens with two attached hydrogens (primary N) is 1. The Balaban J connectivity index is 1.70. The number of primary amides is 1. The molecule has 1 aromatic heterocycles. The second-order valence-electron chi connectivity index (χ2n) is 6.08. The van der Waals surface area contributed by atoms with Gasteiger partial charge in [0, 0.05) is 30.3 Å². The zero-order chi connectivity index (χ0) is 16.5. The number of hydrogen-bond acceptors (Lipinski definition) is 3. The molecule has 0 fully saturated rings. The lowest BCUT2D eigenvalue weighted by Gasteiger charge is -2.16. The predicted molar refractivity (Wildman–Crippen MR) is 94.9 cm³/mol. The number of carbonyl (C=O) groups excluding carboxylic acids is 1. The Bertz CT molecular complexity index is 924. The van der Waals surface area contributed by atoms with Gasteiger partial charge >= 0.3 is 0 Å².